The Kier molecular flexibility index (Phi) is 3.75. The zero-order chi connectivity index (χ0) is 17.7. The van der Waals surface area contributed by atoms with Gasteiger partial charge in [0.05, 0.1) is 5.39 Å². The molecule has 0 amide bonds. The number of thioether (sulfide) groups is 1. The lowest BCUT2D eigenvalue weighted by Crippen LogP contribution is -2.41. The standard InChI is InChI=1S/C16H16FN3O4S/c1-18-8-24-15-12-9(14(21)10(16(22)23)7-20(12)18)6-11(17)13(15)19-2-4-25-5-3-19/h6-7H,2-5,8H2,1H3,(H,22,23). The number of hydrogen-bond donors (Lipinski definition) is 1. The SMILES string of the molecule is CN1COc2c(N3CCSCC3)c(F)cc3c(=O)c(C(=O)O)cn1c23. The Hall–Kier alpha value is -2.42. The summed E-state index contributed by atoms with van der Waals surface area (Å²) in [7, 11) is 1.71. The van der Waals surface area contributed by atoms with Gasteiger partial charge in [0.2, 0.25) is 5.43 Å². The maximum atomic E-state index is 14.9. The van der Waals surface area contributed by atoms with Crippen LogP contribution in [-0.4, -0.2) is 54.1 Å². The number of hydrogen-bond acceptors (Lipinski definition) is 6. The number of carboxylic acid groups (broad SMARTS) is 1. The Morgan fingerprint density at radius 2 is 2.08 bits per heavy atom. The second-order valence-electron chi connectivity index (χ2n) is 5.98. The summed E-state index contributed by atoms with van der Waals surface area (Å²) in [5.41, 5.74) is -0.359. The molecule has 25 heavy (non-hydrogen) atoms. The highest BCUT2D eigenvalue weighted by molar-refractivity contribution is 7.99. The summed E-state index contributed by atoms with van der Waals surface area (Å²) in [6, 6.07) is 1.13. The number of carboxylic acids is 1. The molecule has 4 rings (SSSR count). The number of aromatic carboxylic acids is 1. The minimum atomic E-state index is -1.34. The Balaban J connectivity index is 2.06. The molecule has 1 fully saturated rings. The van der Waals surface area contributed by atoms with Gasteiger partial charge < -0.3 is 14.7 Å². The average molecular weight is 365 g/mol. The van der Waals surface area contributed by atoms with Crippen LogP contribution >= 0.6 is 11.8 Å². The van der Waals surface area contributed by atoms with Gasteiger partial charge in [0, 0.05) is 37.8 Å². The number of pyridine rings is 1. The predicted octanol–water partition coefficient (Wildman–Crippen LogP) is 1.31. The van der Waals surface area contributed by atoms with Gasteiger partial charge in [-0.15, -0.1) is 0 Å². The fourth-order valence-corrected chi connectivity index (χ4v) is 4.16. The normalized spacial score (nSPS) is 16.9. The number of ether oxygens (including phenoxy) is 1. The van der Waals surface area contributed by atoms with Crippen LogP contribution in [0, 0.1) is 5.82 Å². The Morgan fingerprint density at radius 3 is 2.76 bits per heavy atom. The van der Waals surface area contributed by atoms with Crippen LogP contribution in [0.4, 0.5) is 10.1 Å². The fourth-order valence-electron chi connectivity index (χ4n) is 3.26. The van der Waals surface area contributed by atoms with E-state index in [-0.39, 0.29) is 12.1 Å². The molecule has 9 heteroatoms. The van der Waals surface area contributed by atoms with Crippen LogP contribution in [0.3, 0.4) is 0 Å². The van der Waals surface area contributed by atoms with Gasteiger partial charge in [-0.05, 0) is 6.07 Å². The van der Waals surface area contributed by atoms with Gasteiger partial charge in [-0.3, -0.25) is 14.5 Å². The number of carbonyl (C=O) groups is 1. The molecular formula is C16H16FN3O4S. The van der Waals surface area contributed by atoms with E-state index in [4.69, 9.17) is 4.74 Å². The van der Waals surface area contributed by atoms with Crippen molar-refractivity contribution in [2.45, 2.75) is 0 Å². The minimum absolute atomic E-state index is 0.00841. The van der Waals surface area contributed by atoms with Crippen molar-refractivity contribution in [3.63, 3.8) is 0 Å². The summed E-state index contributed by atoms with van der Waals surface area (Å²) >= 11 is 1.81. The molecule has 0 bridgehead atoms. The molecule has 0 unspecified atom stereocenters. The number of benzene rings is 1. The van der Waals surface area contributed by atoms with E-state index in [1.165, 1.54) is 6.20 Å². The van der Waals surface area contributed by atoms with Crippen molar-refractivity contribution in [2.75, 3.05) is 48.3 Å². The molecule has 0 spiro atoms. The van der Waals surface area contributed by atoms with Crippen LogP contribution in [0.1, 0.15) is 10.4 Å². The van der Waals surface area contributed by atoms with E-state index >= 15 is 0 Å². The number of anilines is 1. The molecule has 1 N–H and O–H groups in total. The summed E-state index contributed by atoms with van der Waals surface area (Å²) in [4.78, 5) is 25.8. The van der Waals surface area contributed by atoms with Gasteiger partial charge in [0.25, 0.3) is 0 Å². The molecule has 2 aromatic rings. The Morgan fingerprint density at radius 1 is 1.36 bits per heavy atom. The summed E-state index contributed by atoms with van der Waals surface area (Å²) in [6.07, 6.45) is 1.27. The van der Waals surface area contributed by atoms with Gasteiger partial charge in [-0.25, -0.2) is 9.18 Å². The molecule has 0 radical (unpaired) electrons. The lowest BCUT2D eigenvalue weighted by atomic mass is 10.1. The average Bonchev–Trinajstić information content (AvgIpc) is 2.60. The molecule has 2 aliphatic heterocycles. The highest BCUT2D eigenvalue weighted by Gasteiger charge is 2.29. The molecule has 1 aromatic heterocycles. The molecule has 132 valence electrons. The van der Waals surface area contributed by atoms with Crippen molar-refractivity contribution < 1.29 is 19.0 Å². The third-order valence-corrected chi connectivity index (χ3v) is 5.42. The second-order valence-corrected chi connectivity index (χ2v) is 7.21. The van der Waals surface area contributed by atoms with Crippen molar-refractivity contribution in [2.24, 2.45) is 0 Å². The largest absolute Gasteiger partial charge is 0.477 e. The number of rotatable bonds is 2. The van der Waals surface area contributed by atoms with Crippen molar-refractivity contribution in [1.82, 2.24) is 4.68 Å². The lowest BCUT2D eigenvalue weighted by Gasteiger charge is -2.35. The molecule has 3 heterocycles. The first-order valence-corrected chi connectivity index (χ1v) is 8.96. The first-order chi connectivity index (χ1) is 12.0. The summed E-state index contributed by atoms with van der Waals surface area (Å²) in [5, 5.41) is 10.9. The minimum Gasteiger partial charge on any atom is -0.477 e. The van der Waals surface area contributed by atoms with Gasteiger partial charge in [-0.1, -0.05) is 0 Å². The van der Waals surface area contributed by atoms with Gasteiger partial charge in [-0.2, -0.15) is 11.8 Å². The van der Waals surface area contributed by atoms with Crippen LogP contribution in [-0.2, 0) is 0 Å². The van der Waals surface area contributed by atoms with Crippen LogP contribution < -0.4 is 20.1 Å². The van der Waals surface area contributed by atoms with Crippen molar-refractivity contribution in [1.29, 1.82) is 0 Å². The van der Waals surface area contributed by atoms with E-state index in [0.29, 0.717) is 30.0 Å². The zero-order valence-electron chi connectivity index (χ0n) is 13.5. The molecule has 1 aromatic carbocycles. The molecule has 0 aliphatic carbocycles. The van der Waals surface area contributed by atoms with Gasteiger partial charge >= 0.3 is 5.97 Å². The maximum absolute atomic E-state index is 14.9. The van der Waals surface area contributed by atoms with E-state index in [2.05, 4.69) is 0 Å². The smallest absolute Gasteiger partial charge is 0.341 e. The fraction of sp³-hybridized carbons (Fsp3) is 0.375. The van der Waals surface area contributed by atoms with Crippen LogP contribution in [0.15, 0.2) is 17.1 Å². The molecule has 0 saturated carbocycles. The number of halogens is 1. The first-order valence-electron chi connectivity index (χ1n) is 7.81. The Labute approximate surface area is 146 Å². The van der Waals surface area contributed by atoms with Crippen LogP contribution in [0.2, 0.25) is 0 Å². The summed E-state index contributed by atoms with van der Waals surface area (Å²) in [6.45, 7) is 1.51. The number of nitrogens with zero attached hydrogens (tertiary/aromatic N) is 3. The molecular weight excluding hydrogens is 349 g/mol. The maximum Gasteiger partial charge on any atom is 0.341 e. The molecule has 2 aliphatic rings. The quantitative estimate of drug-likeness (QED) is 0.860. The predicted molar refractivity (Wildman–Crippen MR) is 94.3 cm³/mol. The third-order valence-electron chi connectivity index (χ3n) is 4.47. The van der Waals surface area contributed by atoms with Crippen molar-refractivity contribution in [3.05, 3.63) is 33.9 Å². The highest BCUT2D eigenvalue weighted by Crippen LogP contribution is 2.40. The van der Waals surface area contributed by atoms with E-state index < -0.39 is 22.8 Å². The third kappa shape index (κ3) is 2.41. The Bertz CT molecular complexity index is 939. The van der Waals surface area contributed by atoms with E-state index in [1.807, 2.05) is 16.7 Å². The first kappa shape index (κ1) is 16.1. The van der Waals surface area contributed by atoms with Crippen LogP contribution in [0.5, 0.6) is 5.75 Å². The van der Waals surface area contributed by atoms with Gasteiger partial charge in [0.1, 0.15) is 16.8 Å². The van der Waals surface area contributed by atoms with E-state index in [1.54, 1.807) is 16.7 Å². The monoisotopic (exact) mass is 365 g/mol. The van der Waals surface area contributed by atoms with Gasteiger partial charge in [0.15, 0.2) is 18.3 Å². The summed E-state index contributed by atoms with van der Waals surface area (Å²) < 4.78 is 22.2. The van der Waals surface area contributed by atoms with E-state index in [9.17, 15) is 19.1 Å². The molecule has 1 saturated heterocycles. The second kappa shape index (κ2) is 5.83. The van der Waals surface area contributed by atoms with Crippen LogP contribution in [0.25, 0.3) is 10.9 Å². The molecule has 0 atom stereocenters. The van der Waals surface area contributed by atoms with Crippen molar-refractivity contribution in [3.8, 4) is 5.75 Å². The summed E-state index contributed by atoms with van der Waals surface area (Å²) in [5.74, 6) is 0.178. The highest BCUT2D eigenvalue weighted by atomic mass is 32.2. The molecule has 7 nitrogen and oxygen atoms in total. The lowest BCUT2D eigenvalue weighted by molar-refractivity contribution is 0.0694. The van der Waals surface area contributed by atoms with Crippen molar-refractivity contribution >= 4 is 34.3 Å². The topological polar surface area (TPSA) is 75.0 Å². The number of aromatic nitrogens is 1. The zero-order valence-corrected chi connectivity index (χ0v) is 14.3. The van der Waals surface area contributed by atoms with E-state index in [0.717, 1.165) is 17.6 Å².